The highest BCUT2D eigenvalue weighted by Gasteiger charge is 2.27. The van der Waals surface area contributed by atoms with E-state index in [4.69, 9.17) is 0 Å². The minimum atomic E-state index is -0.192. The third-order valence-electron chi connectivity index (χ3n) is 5.11. The third kappa shape index (κ3) is 5.08. The topological polar surface area (TPSA) is 58.2 Å². The average molecular weight is 330 g/mol. The van der Waals surface area contributed by atoms with Crippen molar-refractivity contribution < 1.29 is 9.59 Å². The Kier molecular flexibility index (Phi) is 6.83. The molecule has 0 aliphatic heterocycles. The van der Waals surface area contributed by atoms with Crippen molar-refractivity contribution in [1.29, 1.82) is 0 Å². The Morgan fingerprint density at radius 2 is 1.96 bits per heavy atom. The van der Waals surface area contributed by atoms with E-state index in [2.05, 4.69) is 17.6 Å². The molecule has 1 aromatic carbocycles. The van der Waals surface area contributed by atoms with Gasteiger partial charge in [-0.2, -0.15) is 0 Å². The van der Waals surface area contributed by atoms with Crippen LogP contribution >= 0.6 is 0 Å². The summed E-state index contributed by atoms with van der Waals surface area (Å²) in [5, 5.41) is 5.84. The summed E-state index contributed by atoms with van der Waals surface area (Å²) in [7, 11) is 0. The monoisotopic (exact) mass is 330 g/mol. The Bertz CT molecular complexity index is 583. The summed E-state index contributed by atoms with van der Waals surface area (Å²) in [6.45, 7) is 6.24. The summed E-state index contributed by atoms with van der Waals surface area (Å²) >= 11 is 0. The minimum absolute atomic E-state index is 0.0444. The first-order chi connectivity index (χ1) is 11.5. The predicted octanol–water partition coefficient (Wildman–Crippen LogP) is 3.51. The van der Waals surface area contributed by atoms with Gasteiger partial charge >= 0.3 is 0 Å². The Morgan fingerprint density at radius 1 is 1.17 bits per heavy atom. The number of rotatable bonds is 7. The van der Waals surface area contributed by atoms with E-state index in [1.165, 1.54) is 32.1 Å². The summed E-state index contributed by atoms with van der Waals surface area (Å²) in [4.78, 5) is 24.3. The molecule has 0 radical (unpaired) electrons. The van der Waals surface area contributed by atoms with Gasteiger partial charge in [-0.3, -0.25) is 9.59 Å². The zero-order valence-corrected chi connectivity index (χ0v) is 15.2. The van der Waals surface area contributed by atoms with Crippen LogP contribution in [-0.4, -0.2) is 24.4 Å². The number of carbonyl (C=O) groups is 2. The SMILES string of the molecule is CCCCC1CCCC1NC(=O)CNC(=O)c1ccc(C)c(C)c1. The lowest BCUT2D eigenvalue weighted by Gasteiger charge is -2.21. The number of hydrogen-bond donors (Lipinski definition) is 2. The zero-order chi connectivity index (χ0) is 17.5. The van der Waals surface area contributed by atoms with Crippen LogP contribution in [0.15, 0.2) is 18.2 Å². The molecule has 1 aliphatic rings. The van der Waals surface area contributed by atoms with Crippen molar-refractivity contribution in [2.75, 3.05) is 6.54 Å². The van der Waals surface area contributed by atoms with Crippen molar-refractivity contribution in [3.8, 4) is 0 Å². The van der Waals surface area contributed by atoms with Gasteiger partial charge in [-0.05, 0) is 62.3 Å². The molecule has 2 N–H and O–H groups in total. The molecule has 2 atom stereocenters. The van der Waals surface area contributed by atoms with Gasteiger partial charge in [-0.15, -0.1) is 0 Å². The summed E-state index contributed by atoms with van der Waals surface area (Å²) in [6.07, 6.45) is 7.07. The van der Waals surface area contributed by atoms with Gasteiger partial charge in [0.05, 0.1) is 6.54 Å². The van der Waals surface area contributed by atoms with E-state index in [0.717, 1.165) is 17.5 Å². The van der Waals surface area contributed by atoms with E-state index in [0.29, 0.717) is 11.5 Å². The van der Waals surface area contributed by atoms with Gasteiger partial charge in [-0.25, -0.2) is 0 Å². The minimum Gasteiger partial charge on any atom is -0.352 e. The molecule has 0 heterocycles. The molecule has 4 heteroatoms. The van der Waals surface area contributed by atoms with Gasteiger partial charge in [-0.1, -0.05) is 32.3 Å². The van der Waals surface area contributed by atoms with Crippen LogP contribution in [0, 0.1) is 19.8 Å². The van der Waals surface area contributed by atoms with Crippen LogP contribution in [0.1, 0.15) is 66.9 Å². The van der Waals surface area contributed by atoms with Crippen LogP contribution < -0.4 is 10.6 Å². The molecule has 2 rings (SSSR count). The van der Waals surface area contributed by atoms with Crippen LogP contribution in [-0.2, 0) is 4.79 Å². The summed E-state index contributed by atoms with van der Waals surface area (Å²) < 4.78 is 0. The Balaban J connectivity index is 1.80. The number of carbonyl (C=O) groups excluding carboxylic acids is 2. The van der Waals surface area contributed by atoms with E-state index in [1.54, 1.807) is 6.07 Å². The molecule has 132 valence electrons. The lowest BCUT2D eigenvalue weighted by atomic mass is 9.97. The number of nitrogens with one attached hydrogen (secondary N) is 2. The van der Waals surface area contributed by atoms with Crippen molar-refractivity contribution in [3.63, 3.8) is 0 Å². The van der Waals surface area contributed by atoms with Crippen molar-refractivity contribution in [3.05, 3.63) is 34.9 Å². The summed E-state index contributed by atoms with van der Waals surface area (Å²) in [5.74, 6) is 0.326. The van der Waals surface area contributed by atoms with Gasteiger partial charge in [0.25, 0.3) is 5.91 Å². The fourth-order valence-electron chi connectivity index (χ4n) is 3.44. The van der Waals surface area contributed by atoms with Crippen LogP contribution in [0.2, 0.25) is 0 Å². The van der Waals surface area contributed by atoms with Crippen LogP contribution in [0.5, 0.6) is 0 Å². The lowest BCUT2D eigenvalue weighted by Crippen LogP contribution is -2.43. The molecule has 1 fully saturated rings. The Morgan fingerprint density at radius 3 is 2.67 bits per heavy atom. The first kappa shape index (κ1) is 18.5. The molecule has 4 nitrogen and oxygen atoms in total. The maximum Gasteiger partial charge on any atom is 0.251 e. The van der Waals surface area contributed by atoms with Crippen LogP contribution in [0.3, 0.4) is 0 Å². The van der Waals surface area contributed by atoms with Crippen LogP contribution in [0.25, 0.3) is 0 Å². The van der Waals surface area contributed by atoms with E-state index in [-0.39, 0.29) is 24.4 Å². The molecular weight excluding hydrogens is 300 g/mol. The molecular formula is C20H30N2O2. The third-order valence-corrected chi connectivity index (χ3v) is 5.11. The fourth-order valence-corrected chi connectivity index (χ4v) is 3.44. The van der Waals surface area contributed by atoms with Gasteiger partial charge in [0, 0.05) is 11.6 Å². The highest BCUT2D eigenvalue weighted by molar-refractivity contribution is 5.96. The zero-order valence-electron chi connectivity index (χ0n) is 15.2. The molecule has 1 aromatic rings. The number of aryl methyl sites for hydroxylation is 2. The fraction of sp³-hybridized carbons (Fsp3) is 0.600. The van der Waals surface area contributed by atoms with E-state index in [1.807, 2.05) is 26.0 Å². The highest BCUT2D eigenvalue weighted by Crippen LogP contribution is 2.29. The van der Waals surface area contributed by atoms with E-state index >= 15 is 0 Å². The molecule has 0 aromatic heterocycles. The van der Waals surface area contributed by atoms with Gasteiger partial charge in [0.1, 0.15) is 0 Å². The van der Waals surface area contributed by atoms with Crippen molar-refractivity contribution >= 4 is 11.8 Å². The maximum atomic E-state index is 12.2. The molecule has 2 unspecified atom stereocenters. The quantitative estimate of drug-likeness (QED) is 0.804. The largest absolute Gasteiger partial charge is 0.352 e. The van der Waals surface area contributed by atoms with Gasteiger partial charge in [0.15, 0.2) is 0 Å². The summed E-state index contributed by atoms with van der Waals surface area (Å²) in [6, 6.07) is 5.87. The lowest BCUT2D eigenvalue weighted by molar-refractivity contribution is -0.121. The normalized spacial score (nSPS) is 20.0. The molecule has 2 amide bonds. The van der Waals surface area contributed by atoms with Crippen LogP contribution in [0.4, 0.5) is 0 Å². The number of benzene rings is 1. The van der Waals surface area contributed by atoms with E-state index < -0.39 is 0 Å². The Labute approximate surface area is 145 Å². The molecule has 0 spiro atoms. The Hall–Kier alpha value is -1.84. The smallest absolute Gasteiger partial charge is 0.251 e. The number of unbranched alkanes of at least 4 members (excludes halogenated alkanes) is 1. The average Bonchev–Trinajstić information content (AvgIpc) is 3.00. The van der Waals surface area contributed by atoms with Gasteiger partial charge < -0.3 is 10.6 Å². The molecule has 0 saturated heterocycles. The second-order valence-electron chi connectivity index (χ2n) is 6.99. The van der Waals surface area contributed by atoms with E-state index in [9.17, 15) is 9.59 Å². The second kappa shape index (κ2) is 8.86. The molecule has 0 bridgehead atoms. The summed E-state index contributed by atoms with van der Waals surface area (Å²) in [5.41, 5.74) is 2.84. The first-order valence-corrected chi connectivity index (χ1v) is 9.16. The van der Waals surface area contributed by atoms with Crippen molar-refractivity contribution in [2.24, 2.45) is 5.92 Å². The maximum absolute atomic E-state index is 12.2. The predicted molar refractivity (Wildman–Crippen MR) is 97.0 cm³/mol. The second-order valence-corrected chi connectivity index (χ2v) is 6.99. The number of hydrogen-bond acceptors (Lipinski definition) is 2. The van der Waals surface area contributed by atoms with Crippen molar-refractivity contribution in [1.82, 2.24) is 10.6 Å². The number of amides is 2. The molecule has 1 aliphatic carbocycles. The molecule has 24 heavy (non-hydrogen) atoms. The highest BCUT2D eigenvalue weighted by atomic mass is 16.2. The molecule has 1 saturated carbocycles. The van der Waals surface area contributed by atoms with Gasteiger partial charge in [0.2, 0.25) is 5.91 Å². The van der Waals surface area contributed by atoms with Crippen molar-refractivity contribution in [2.45, 2.75) is 65.3 Å². The first-order valence-electron chi connectivity index (χ1n) is 9.16. The standard InChI is InChI=1S/C20H30N2O2/c1-4-5-7-16-8-6-9-18(16)22-19(23)13-21-20(24)17-11-10-14(2)15(3)12-17/h10-12,16,18H,4-9,13H2,1-3H3,(H,21,24)(H,22,23).